The van der Waals surface area contributed by atoms with Gasteiger partial charge in [0, 0.05) is 5.92 Å². The van der Waals surface area contributed by atoms with E-state index >= 15 is 0 Å². The summed E-state index contributed by atoms with van der Waals surface area (Å²) in [6.45, 7) is 0. The van der Waals surface area contributed by atoms with E-state index in [1.54, 1.807) is 0 Å². The zero-order valence-corrected chi connectivity index (χ0v) is 9.84. The molecule has 0 aromatic heterocycles. The van der Waals surface area contributed by atoms with Crippen molar-refractivity contribution in [3.05, 3.63) is 0 Å². The molecule has 0 aromatic rings. The van der Waals surface area contributed by atoms with Crippen LogP contribution < -0.4 is 0 Å². The Morgan fingerprint density at radius 3 is 2.07 bits per heavy atom. The SMILES string of the molecule is ClP1OC2CCCC3CCCC(O1)C32. The average molecular weight is 235 g/mol. The predicted molar refractivity (Wildman–Crippen MR) is 57.2 cm³/mol. The quantitative estimate of drug-likeness (QED) is 0.593. The molecule has 4 heteroatoms. The maximum absolute atomic E-state index is 6.00. The third-order valence-corrected chi connectivity index (χ3v) is 5.32. The molecule has 0 bridgehead atoms. The Morgan fingerprint density at radius 2 is 1.50 bits per heavy atom. The van der Waals surface area contributed by atoms with Gasteiger partial charge in [-0.2, -0.15) is 0 Å². The third kappa shape index (κ3) is 1.61. The van der Waals surface area contributed by atoms with Gasteiger partial charge in [-0.15, -0.1) is 0 Å². The van der Waals surface area contributed by atoms with Crippen LogP contribution in [-0.4, -0.2) is 12.2 Å². The van der Waals surface area contributed by atoms with Crippen molar-refractivity contribution in [3.63, 3.8) is 0 Å². The van der Waals surface area contributed by atoms with Crippen molar-refractivity contribution in [2.45, 2.75) is 50.7 Å². The number of halogens is 1. The highest BCUT2D eigenvalue weighted by Crippen LogP contribution is 2.58. The summed E-state index contributed by atoms with van der Waals surface area (Å²) in [7, 11) is -1.09. The zero-order chi connectivity index (χ0) is 9.54. The van der Waals surface area contributed by atoms with Gasteiger partial charge in [-0.1, -0.05) is 12.8 Å². The molecule has 1 saturated heterocycles. The Balaban J connectivity index is 1.82. The maximum Gasteiger partial charge on any atom is 0.277 e. The van der Waals surface area contributed by atoms with Gasteiger partial charge in [0.05, 0.1) is 12.2 Å². The Labute approximate surface area is 91.0 Å². The number of hydrogen-bond donors (Lipinski definition) is 0. The van der Waals surface area contributed by atoms with Crippen LogP contribution in [0.3, 0.4) is 0 Å². The van der Waals surface area contributed by atoms with Gasteiger partial charge in [0.2, 0.25) is 0 Å². The molecule has 2 atom stereocenters. The van der Waals surface area contributed by atoms with Gasteiger partial charge in [-0.3, -0.25) is 0 Å². The fraction of sp³-hybridized carbons (Fsp3) is 1.00. The van der Waals surface area contributed by atoms with Crippen molar-refractivity contribution < 1.29 is 9.05 Å². The van der Waals surface area contributed by atoms with Gasteiger partial charge < -0.3 is 9.05 Å². The van der Waals surface area contributed by atoms with Gasteiger partial charge in [-0.05, 0) is 42.8 Å². The van der Waals surface area contributed by atoms with Crippen LogP contribution in [0.15, 0.2) is 0 Å². The largest absolute Gasteiger partial charge is 0.318 e. The first kappa shape index (κ1) is 9.84. The monoisotopic (exact) mass is 234 g/mol. The first-order valence-electron chi connectivity index (χ1n) is 5.64. The molecule has 2 nitrogen and oxygen atoms in total. The zero-order valence-electron chi connectivity index (χ0n) is 8.19. The fourth-order valence-electron chi connectivity index (χ4n) is 3.41. The summed E-state index contributed by atoms with van der Waals surface area (Å²) in [6.07, 6.45) is 8.62. The van der Waals surface area contributed by atoms with E-state index in [4.69, 9.17) is 20.3 Å². The lowest BCUT2D eigenvalue weighted by atomic mass is 9.68. The summed E-state index contributed by atoms with van der Waals surface area (Å²) in [4.78, 5) is 0. The normalized spacial score (nSPS) is 52.5. The van der Waals surface area contributed by atoms with Crippen molar-refractivity contribution in [3.8, 4) is 0 Å². The number of rotatable bonds is 0. The molecule has 14 heavy (non-hydrogen) atoms. The second-order valence-electron chi connectivity index (χ2n) is 4.70. The molecule has 80 valence electrons. The summed E-state index contributed by atoms with van der Waals surface area (Å²) in [6, 6.07) is 0. The van der Waals surface area contributed by atoms with E-state index in [9.17, 15) is 0 Å². The summed E-state index contributed by atoms with van der Waals surface area (Å²) in [5.41, 5.74) is 0. The minimum atomic E-state index is -1.09. The second-order valence-corrected chi connectivity index (χ2v) is 6.37. The highest BCUT2D eigenvalue weighted by molar-refractivity contribution is 7.76. The fourth-order valence-corrected chi connectivity index (χ4v) is 4.99. The van der Waals surface area contributed by atoms with Gasteiger partial charge >= 0.3 is 0 Å². The molecule has 2 saturated carbocycles. The van der Waals surface area contributed by atoms with Crippen LogP contribution in [-0.2, 0) is 9.05 Å². The van der Waals surface area contributed by atoms with Crippen molar-refractivity contribution in [2.75, 3.05) is 0 Å². The maximum atomic E-state index is 6.00. The predicted octanol–water partition coefficient (Wildman–Crippen LogP) is 3.84. The highest BCUT2D eigenvalue weighted by atomic mass is 35.7. The molecule has 3 fully saturated rings. The molecule has 2 aliphatic carbocycles. The lowest BCUT2D eigenvalue weighted by molar-refractivity contribution is -0.0772. The first-order valence-corrected chi connectivity index (χ1v) is 7.72. The average Bonchev–Trinajstić information content (AvgIpc) is 2.18. The van der Waals surface area contributed by atoms with Gasteiger partial charge in [0.25, 0.3) is 7.73 Å². The van der Waals surface area contributed by atoms with Crippen LogP contribution >= 0.6 is 19.0 Å². The summed E-state index contributed by atoms with van der Waals surface area (Å²) < 4.78 is 11.5. The van der Waals surface area contributed by atoms with Crippen LogP contribution in [0.1, 0.15) is 38.5 Å². The standard InChI is InChI=1S/C10H16ClO2P/c11-14-12-8-5-1-3-7-4-2-6-9(13-14)10(7)8/h7-10H,1-6H2. The second kappa shape index (κ2) is 3.90. The molecular formula is C10H16ClO2P. The van der Waals surface area contributed by atoms with E-state index in [0.29, 0.717) is 18.1 Å². The van der Waals surface area contributed by atoms with Crippen LogP contribution in [0.5, 0.6) is 0 Å². The molecule has 0 aromatic carbocycles. The molecule has 0 N–H and O–H groups in total. The van der Waals surface area contributed by atoms with Crippen LogP contribution in [0.2, 0.25) is 0 Å². The van der Waals surface area contributed by atoms with Crippen LogP contribution in [0.4, 0.5) is 0 Å². The van der Waals surface area contributed by atoms with Gasteiger partial charge in [-0.25, -0.2) is 0 Å². The van der Waals surface area contributed by atoms with Crippen LogP contribution in [0, 0.1) is 11.8 Å². The summed E-state index contributed by atoms with van der Waals surface area (Å²) in [5, 5.41) is 0. The molecule has 1 heterocycles. The van der Waals surface area contributed by atoms with Crippen molar-refractivity contribution in [1.82, 2.24) is 0 Å². The topological polar surface area (TPSA) is 18.5 Å². The first-order chi connectivity index (χ1) is 6.84. The lowest BCUT2D eigenvalue weighted by Gasteiger charge is -2.49. The van der Waals surface area contributed by atoms with E-state index < -0.39 is 7.73 Å². The smallest absolute Gasteiger partial charge is 0.277 e. The van der Waals surface area contributed by atoms with Crippen molar-refractivity contribution in [1.29, 1.82) is 0 Å². The Morgan fingerprint density at radius 1 is 0.929 bits per heavy atom. The number of hydrogen-bond acceptors (Lipinski definition) is 2. The molecule has 0 amide bonds. The third-order valence-electron chi connectivity index (χ3n) is 3.97. The van der Waals surface area contributed by atoms with E-state index in [-0.39, 0.29) is 0 Å². The Hall–Kier alpha value is 0.640. The molecule has 3 rings (SSSR count). The van der Waals surface area contributed by atoms with Gasteiger partial charge in [0.15, 0.2) is 0 Å². The van der Waals surface area contributed by atoms with Crippen LogP contribution in [0.25, 0.3) is 0 Å². The van der Waals surface area contributed by atoms with Crippen molar-refractivity contribution in [2.24, 2.45) is 11.8 Å². The minimum absolute atomic E-state index is 0.413. The molecule has 1 aliphatic heterocycles. The van der Waals surface area contributed by atoms with E-state index in [1.165, 1.54) is 38.5 Å². The Kier molecular flexibility index (Phi) is 2.74. The van der Waals surface area contributed by atoms with E-state index in [0.717, 1.165) is 5.92 Å². The molecule has 0 spiro atoms. The molecule has 0 radical (unpaired) electrons. The minimum Gasteiger partial charge on any atom is -0.318 e. The van der Waals surface area contributed by atoms with Crippen molar-refractivity contribution >= 4 is 19.0 Å². The lowest BCUT2D eigenvalue weighted by Crippen LogP contribution is -2.47. The molecule has 2 unspecified atom stereocenters. The van der Waals surface area contributed by atoms with Gasteiger partial charge in [0.1, 0.15) is 0 Å². The van der Waals surface area contributed by atoms with E-state index in [2.05, 4.69) is 0 Å². The molecule has 3 aliphatic rings. The molecular weight excluding hydrogens is 219 g/mol. The highest BCUT2D eigenvalue weighted by Gasteiger charge is 2.47. The summed E-state index contributed by atoms with van der Waals surface area (Å²) in [5.74, 6) is 1.52. The Bertz CT molecular complexity index is 206. The summed E-state index contributed by atoms with van der Waals surface area (Å²) >= 11 is 6.00. The van der Waals surface area contributed by atoms with E-state index in [1.807, 2.05) is 0 Å².